The molecule has 4 heteroatoms. The van der Waals surface area contributed by atoms with E-state index in [0.717, 1.165) is 36.5 Å². The fraction of sp³-hybridized carbons (Fsp3) is 0.294. The van der Waals surface area contributed by atoms with E-state index in [1.54, 1.807) is 6.08 Å². The van der Waals surface area contributed by atoms with Gasteiger partial charge in [-0.05, 0) is 31.4 Å². The van der Waals surface area contributed by atoms with Crippen molar-refractivity contribution in [1.29, 1.82) is 0 Å². The number of carbonyl (C=O) groups is 1. The van der Waals surface area contributed by atoms with Crippen LogP contribution in [0.2, 0.25) is 0 Å². The van der Waals surface area contributed by atoms with Gasteiger partial charge in [-0.2, -0.15) is 0 Å². The number of aromatic amines is 1. The first-order valence-electron chi connectivity index (χ1n) is 7.29. The second-order valence-electron chi connectivity index (χ2n) is 5.39. The van der Waals surface area contributed by atoms with Crippen LogP contribution in [0, 0.1) is 6.92 Å². The number of carbonyl (C=O) groups excluding carboxylic acids is 1. The summed E-state index contributed by atoms with van der Waals surface area (Å²) in [6.07, 6.45) is 7.33. The van der Waals surface area contributed by atoms with Crippen molar-refractivity contribution in [3.8, 4) is 0 Å². The fourth-order valence-corrected chi connectivity index (χ4v) is 2.74. The van der Waals surface area contributed by atoms with E-state index in [0.29, 0.717) is 0 Å². The van der Waals surface area contributed by atoms with Crippen molar-refractivity contribution in [1.82, 2.24) is 14.9 Å². The predicted octanol–water partition coefficient (Wildman–Crippen LogP) is 3.10. The van der Waals surface area contributed by atoms with Gasteiger partial charge in [0.05, 0.1) is 6.04 Å². The zero-order valence-corrected chi connectivity index (χ0v) is 12.1. The average Bonchev–Trinajstić information content (AvgIpc) is 3.14. The van der Waals surface area contributed by atoms with Gasteiger partial charge in [-0.25, -0.2) is 4.98 Å². The molecule has 1 saturated heterocycles. The molecule has 0 unspecified atom stereocenters. The highest BCUT2D eigenvalue weighted by Crippen LogP contribution is 2.30. The van der Waals surface area contributed by atoms with Crippen molar-refractivity contribution >= 4 is 12.0 Å². The molecule has 0 aliphatic carbocycles. The van der Waals surface area contributed by atoms with Crippen LogP contribution in [0.5, 0.6) is 0 Å². The summed E-state index contributed by atoms with van der Waals surface area (Å²) in [6, 6.07) is 9.95. The Morgan fingerprint density at radius 1 is 1.38 bits per heavy atom. The molecule has 0 saturated carbocycles. The average molecular weight is 281 g/mol. The van der Waals surface area contributed by atoms with Crippen LogP contribution in [0.3, 0.4) is 0 Å². The lowest BCUT2D eigenvalue weighted by molar-refractivity contribution is -0.127. The fourth-order valence-electron chi connectivity index (χ4n) is 2.74. The number of aryl methyl sites for hydroxylation is 1. The summed E-state index contributed by atoms with van der Waals surface area (Å²) in [6.45, 7) is 2.77. The molecule has 1 aliphatic heterocycles. The molecular formula is C17H19N3O. The van der Waals surface area contributed by atoms with Gasteiger partial charge >= 0.3 is 0 Å². The normalized spacial score (nSPS) is 18.5. The van der Waals surface area contributed by atoms with Crippen LogP contribution in [0.25, 0.3) is 6.08 Å². The van der Waals surface area contributed by atoms with Gasteiger partial charge in [0.15, 0.2) is 0 Å². The monoisotopic (exact) mass is 281 g/mol. The van der Waals surface area contributed by atoms with E-state index in [2.05, 4.69) is 9.97 Å². The Hall–Kier alpha value is -2.36. The smallest absolute Gasteiger partial charge is 0.247 e. The van der Waals surface area contributed by atoms with Gasteiger partial charge in [-0.1, -0.05) is 30.3 Å². The number of rotatable bonds is 3. The Bertz CT molecular complexity index is 645. The molecule has 3 rings (SSSR count). The standard InChI is InChI=1S/C17H19N3O/c1-13-12-18-17(19-13)15-8-5-11-20(15)16(21)10-9-14-6-3-2-4-7-14/h2-4,6-7,9-10,12,15H,5,8,11H2,1H3,(H,18,19)/b10-9+/t15-/m0/s1. The van der Waals surface area contributed by atoms with Crippen LogP contribution in [0.1, 0.15) is 36.0 Å². The first kappa shape index (κ1) is 13.6. The Morgan fingerprint density at radius 2 is 2.19 bits per heavy atom. The highest BCUT2D eigenvalue weighted by molar-refractivity contribution is 5.92. The molecular weight excluding hydrogens is 262 g/mol. The topological polar surface area (TPSA) is 49.0 Å². The van der Waals surface area contributed by atoms with E-state index in [1.807, 2.05) is 54.4 Å². The van der Waals surface area contributed by atoms with E-state index in [1.165, 1.54) is 0 Å². The summed E-state index contributed by atoms with van der Waals surface area (Å²) < 4.78 is 0. The number of nitrogens with one attached hydrogen (secondary N) is 1. The summed E-state index contributed by atoms with van der Waals surface area (Å²) in [7, 11) is 0. The zero-order chi connectivity index (χ0) is 14.7. The van der Waals surface area contributed by atoms with Gasteiger partial charge in [0.1, 0.15) is 5.82 Å². The molecule has 2 heterocycles. The van der Waals surface area contributed by atoms with E-state index in [-0.39, 0.29) is 11.9 Å². The molecule has 1 N–H and O–H groups in total. The Morgan fingerprint density at radius 3 is 2.90 bits per heavy atom. The maximum absolute atomic E-state index is 12.4. The number of aromatic nitrogens is 2. The van der Waals surface area contributed by atoms with Gasteiger partial charge in [-0.3, -0.25) is 4.79 Å². The molecule has 0 radical (unpaired) electrons. The largest absolute Gasteiger partial charge is 0.344 e. The van der Waals surface area contributed by atoms with Crippen LogP contribution < -0.4 is 0 Å². The summed E-state index contributed by atoms with van der Waals surface area (Å²) in [4.78, 5) is 21.9. The van der Waals surface area contributed by atoms with E-state index in [4.69, 9.17) is 0 Å². The molecule has 4 nitrogen and oxygen atoms in total. The molecule has 0 spiro atoms. The van der Waals surface area contributed by atoms with Crippen LogP contribution in [0.15, 0.2) is 42.6 Å². The lowest BCUT2D eigenvalue weighted by Gasteiger charge is -2.21. The van der Waals surface area contributed by atoms with Crippen LogP contribution in [-0.2, 0) is 4.79 Å². The van der Waals surface area contributed by atoms with Crippen molar-refractivity contribution < 1.29 is 4.79 Å². The summed E-state index contributed by atoms with van der Waals surface area (Å²) in [5.41, 5.74) is 2.07. The van der Waals surface area contributed by atoms with E-state index < -0.39 is 0 Å². The minimum absolute atomic E-state index is 0.0513. The lowest BCUT2D eigenvalue weighted by atomic mass is 10.2. The molecule has 1 aliphatic rings. The number of hydrogen-bond acceptors (Lipinski definition) is 2. The lowest BCUT2D eigenvalue weighted by Crippen LogP contribution is -2.29. The molecule has 2 aromatic rings. The molecule has 1 amide bonds. The number of hydrogen-bond donors (Lipinski definition) is 1. The maximum atomic E-state index is 12.4. The van der Waals surface area contributed by atoms with Crippen molar-refractivity contribution in [3.05, 3.63) is 59.7 Å². The number of imidazole rings is 1. The summed E-state index contributed by atoms with van der Waals surface area (Å²) in [5.74, 6) is 0.946. The van der Waals surface area contributed by atoms with Crippen molar-refractivity contribution in [2.75, 3.05) is 6.54 Å². The zero-order valence-electron chi connectivity index (χ0n) is 12.1. The van der Waals surface area contributed by atoms with Crippen molar-refractivity contribution in [2.45, 2.75) is 25.8 Å². The highest BCUT2D eigenvalue weighted by Gasteiger charge is 2.30. The van der Waals surface area contributed by atoms with Crippen molar-refractivity contribution in [2.24, 2.45) is 0 Å². The van der Waals surface area contributed by atoms with Gasteiger partial charge < -0.3 is 9.88 Å². The molecule has 1 aromatic carbocycles. The number of nitrogens with zero attached hydrogens (tertiary/aromatic N) is 2. The molecule has 1 aromatic heterocycles. The third-order valence-electron chi connectivity index (χ3n) is 3.79. The Kier molecular flexibility index (Phi) is 3.86. The molecule has 108 valence electrons. The third-order valence-corrected chi connectivity index (χ3v) is 3.79. The first-order valence-corrected chi connectivity index (χ1v) is 7.29. The predicted molar refractivity (Wildman–Crippen MR) is 82.5 cm³/mol. The quantitative estimate of drug-likeness (QED) is 0.879. The van der Waals surface area contributed by atoms with Gasteiger partial charge in [0.2, 0.25) is 5.91 Å². The molecule has 21 heavy (non-hydrogen) atoms. The molecule has 1 atom stereocenters. The molecule has 1 fully saturated rings. The highest BCUT2D eigenvalue weighted by atomic mass is 16.2. The number of H-pyrrole nitrogens is 1. The number of likely N-dealkylation sites (tertiary alicyclic amines) is 1. The summed E-state index contributed by atoms with van der Waals surface area (Å²) >= 11 is 0. The van der Waals surface area contributed by atoms with Crippen LogP contribution in [0.4, 0.5) is 0 Å². The van der Waals surface area contributed by atoms with Gasteiger partial charge in [0, 0.05) is 24.5 Å². The van der Waals surface area contributed by atoms with Crippen LogP contribution >= 0.6 is 0 Å². The van der Waals surface area contributed by atoms with E-state index in [9.17, 15) is 4.79 Å². The van der Waals surface area contributed by atoms with Crippen molar-refractivity contribution in [3.63, 3.8) is 0 Å². The SMILES string of the molecule is Cc1cnc([C@@H]2CCCN2C(=O)/C=C/c2ccccc2)[nH]1. The third kappa shape index (κ3) is 3.05. The van der Waals surface area contributed by atoms with Gasteiger partial charge in [0.25, 0.3) is 0 Å². The van der Waals surface area contributed by atoms with E-state index >= 15 is 0 Å². The minimum atomic E-state index is 0.0513. The maximum Gasteiger partial charge on any atom is 0.247 e. The van der Waals surface area contributed by atoms with Gasteiger partial charge in [-0.15, -0.1) is 0 Å². The minimum Gasteiger partial charge on any atom is -0.344 e. The molecule has 0 bridgehead atoms. The number of benzene rings is 1. The summed E-state index contributed by atoms with van der Waals surface area (Å²) in [5, 5.41) is 0. The number of amides is 1. The second-order valence-corrected chi connectivity index (χ2v) is 5.39. The Labute approximate surface area is 124 Å². The first-order chi connectivity index (χ1) is 10.2. The Balaban J connectivity index is 1.73. The van der Waals surface area contributed by atoms with Crippen LogP contribution in [-0.4, -0.2) is 27.3 Å². The second kappa shape index (κ2) is 5.95.